The van der Waals surface area contributed by atoms with Crippen molar-refractivity contribution >= 4 is 28.1 Å². The number of phenols is 1. The van der Waals surface area contributed by atoms with Gasteiger partial charge in [-0.25, -0.2) is 5.43 Å². The number of nitrogens with zero attached hydrogens (tertiary/aromatic N) is 3. The standard InChI is InChI=1S/C12H12BrN5O3/c1-6-11(20)15-12(18-16-6)17-14-5-7-3-8(13)4-9(21-2)10(7)19/h3-5,19H,1-2H3,(H2,15,17,18,20)/b14-5+. The van der Waals surface area contributed by atoms with Gasteiger partial charge in [0.25, 0.3) is 5.56 Å². The highest BCUT2D eigenvalue weighted by molar-refractivity contribution is 9.10. The molecule has 3 N–H and O–H groups in total. The molecule has 0 aliphatic rings. The van der Waals surface area contributed by atoms with Crippen LogP contribution in [0.15, 0.2) is 26.5 Å². The number of nitrogens with one attached hydrogen (secondary N) is 2. The molecule has 0 saturated heterocycles. The molecule has 0 bridgehead atoms. The Morgan fingerprint density at radius 2 is 2.24 bits per heavy atom. The Balaban J connectivity index is 2.20. The van der Waals surface area contributed by atoms with Gasteiger partial charge < -0.3 is 9.84 Å². The number of aromatic amines is 1. The molecule has 0 amide bonds. The Kier molecular flexibility index (Phi) is 4.53. The summed E-state index contributed by atoms with van der Waals surface area (Å²) < 4.78 is 5.75. The number of phenolic OH excluding ortho intramolecular Hbond substituents is 1. The number of methoxy groups -OCH3 is 1. The number of aromatic hydroxyl groups is 1. The molecular formula is C12H12BrN5O3. The molecule has 0 aliphatic carbocycles. The summed E-state index contributed by atoms with van der Waals surface area (Å²) in [7, 11) is 1.45. The molecule has 21 heavy (non-hydrogen) atoms. The van der Waals surface area contributed by atoms with Crippen LogP contribution >= 0.6 is 15.9 Å². The maximum atomic E-state index is 11.3. The number of hydrazone groups is 1. The van der Waals surface area contributed by atoms with Crippen LogP contribution in [0.3, 0.4) is 0 Å². The molecule has 2 aromatic rings. The van der Waals surface area contributed by atoms with Gasteiger partial charge in [-0.3, -0.25) is 9.78 Å². The van der Waals surface area contributed by atoms with Crippen molar-refractivity contribution in [2.24, 2.45) is 5.10 Å². The van der Waals surface area contributed by atoms with Crippen LogP contribution in [-0.2, 0) is 0 Å². The molecule has 0 saturated carbocycles. The fourth-order valence-corrected chi connectivity index (χ4v) is 1.91. The lowest BCUT2D eigenvalue weighted by molar-refractivity contribution is 0.373. The van der Waals surface area contributed by atoms with Crippen molar-refractivity contribution in [1.29, 1.82) is 0 Å². The van der Waals surface area contributed by atoms with Crippen LogP contribution in [0.5, 0.6) is 11.5 Å². The minimum atomic E-state index is -0.352. The topological polar surface area (TPSA) is 112 Å². The molecule has 1 heterocycles. The van der Waals surface area contributed by atoms with Crippen molar-refractivity contribution in [2.45, 2.75) is 6.92 Å². The van der Waals surface area contributed by atoms with Crippen molar-refractivity contribution in [2.75, 3.05) is 12.5 Å². The van der Waals surface area contributed by atoms with E-state index >= 15 is 0 Å². The van der Waals surface area contributed by atoms with E-state index < -0.39 is 0 Å². The fraction of sp³-hybridized carbons (Fsp3) is 0.167. The predicted octanol–water partition coefficient (Wildman–Crippen LogP) is 1.40. The van der Waals surface area contributed by atoms with Gasteiger partial charge in [-0.1, -0.05) is 15.9 Å². The first-order valence-electron chi connectivity index (χ1n) is 5.80. The van der Waals surface area contributed by atoms with Crippen LogP contribution in [0.1, 0.15) is 11.3 Å². The molecule has 1 aromatic carbocycles. The summed E-state index contributed by atoms with van der Waals surface area (Å²) in [6.07, 6.45) is 1.36. The van der Waals surface area contributed by atoms with Gasteiger partial charge in [0.2, 0.25) is 5.95 Å². The van der Waals surface area contributed by atoms with Crippen LogP contribution in [0.25, 0.3) is 0 Å². The van der Waals surface area contributed by atoms with Gasteiger partial charge in [0.15, 0.2) is 11.5 Å². The molecule has 0 spiro atoms. The molecule has 0 unspecified atom stereocenters. The van der Waals surface area contributed by atoms with E-state index in [2.05, 4.69) is 41.6 Å². The molecule has 0 fully saturated rings. The van der Waals surface area contributed by atoms with Crippen molar-refractivity contribution in [3.05, 3.63) is 38.2 Å². The molecule has 0 radical (unpaired) electrons. The largest absolute Gasteiger partial charge is 0.504 e. The Morgan fingerprint density at radius 1 is 1.48 bits per heavy atom. The third-order valence-electron chi connectivity index (χ3n) is 2.52. The van der Waals surface area contributed by atoms with Crippen molar-refractivity contribution < 1.29 is 9.84 Å². The molecule has 110 valence electrons. The number of ether oxygens (including phenoxy) is 1. The van der Waals surface area contributed by atoms with Crippen LogP contribution in [0, 0.1) is 6.92 Å². The number of H-pyrrole nitrogens is 1. The fourth-order valence-electron chi connectivity index (χ4n) is 1.46. The number of benzene rings is 1. The average Bonchev–Trinajstić information content (AvgIpc) is 2.46. The summed E-state index contributed by atoms with van der Waals surface area (Å²) in [5, 5.41) is 21.2. The van der Waals surface area contributed by atoms with Crippen molar-refractivity contribution in [1.82, 2.24) is 15.2 Å². The highest BCUT2D eigenvalue weighted by Gasteiger charge is 2.08. The number of rotatable bonds is 4. The van der Waals surface area contributed by atoms with Gasteiger partial charge in [0.1, 0.15) is 5.69 Å². The van der Waals surface area contributed by atoms with Crippen LogP contribution < -0.4 is 15.7 Å². The Hall–Kier alpha value is -2.42. The maximum absolute atomic E-state index is 11.3. The van der Waals surface area contributed by atoms with Gasteiger partial charge in [0, 0.05) is 10.0 Å². The van der Waals surface area contributed by atoms with E-state index in [1.165, 1.54) is 13.3 Å². The van der Waals surface area contributed by atoms with E-state index in [-0.39, 0.29) is 23.0 Å². The number of aromatic nitrogens is 3. The zero-order chi connectivity index (χ0) is 15.4. The summed E-state index contributed by atoms with van der Waals surface area (Å²) in [4.78, 5) is 13.8. The van der Waals surface area contributed by atoms with E-state index in [0.717, 1.165) is 4.47 Å². The quantitative estimate of drug-likeness (QED) is 0.565. The van der Waals surface area contributed by atoms with E-state index in [1.807, 2.05) is 0 Å². The zero-order valence-electron chi connectivity index (χ0n) is 11.2. The van der Waals surface area contributed by atoms with Crippen LogP contribution in [-0.4, -0.2) is 33.6 Å². The number of halogens is 1. The normalized spacial score (nSPS) is 10.8. The predicted molar refractivity (Wildman–Crippen MR) is 81.0 cm³/mol. The second-order valence-electron chi connectivity index (χ2n) is 4.00. The molecular weight excluding hydrogens is 342 g/mol. The Bertz CT molecular complexity index is 744. The van der Waals surface area contributed by atoms with E-state index in [1.54, 1.807) is 19.1 Å². The Morgan fingerprint density at radius 3 is 2.90 bits per heavy atom. The first-order valence-corrected chi connectivity index (χ1v) is 6.59. The molecule has 1 aromatic heterocycles. The first-order chi connectivity index (χ1) is 10.0. The number of hydrogen-bond donors (Lipinski definition) is 3. The zero-order valence-corrected chi connectivity index (χ0v) is 12.8. The SMILES string of the molecule is COc1cc(Br)cc(/C=N/Nc2nnc(C)c(=O)[nH]2)c1O. The number of anilines is 1. The second kappa shape index (κ2) is 6.35. The van der Waals surface area contributed by atoms with E-state index in [9.17, 15) is 9.90 Å². The van der Waals surface area contributed by atoms with Crippen LogP contribution in [0.2, 0.25) is 0 Å². The number of aryl methyl sites for hydroxylation is 1. The lowest BCUT2D eigenvalue weighted by Crippen LogP contribution is -2.15. The molecule has 2 rings (SSSR count). The maximum Gasteiger partial charge on any atom is 0.274 e. The summed E-state index contributed by atoms with van der Waals surface area (Å²) in [5.74, 6) is 0.368. The third kappa shape index (κ3) is 3.57. The van der Waals surface area contributed by atoms with Crippen molar-refractivity contribution in [3.63, 3.8) is 0 Å². The van der Waals surface area contributed by atoms with Gasteiger partial charge in [-0.15, -0.1) is 10.2 Å². The monoisotopic (exact) mass is 353 g/mol. The summed E-state index contributed by atoms with van der Waals surface area (Å²) in [5.41, 5.74) is 2.86. The lowest BCUT2D eigenvalue weighted by atomic mass is 10.2. The summed E-state index contributed by atoms with van der Waals surface area (Å²) >= 11 is 3.30. The first kappa shape index (κ1) is 15.0. The summed E-state index contributed by atoms with van der Waals surface area (Å²) in [6.45, 7) is 1.55. The van der Waals surface area contributed by atoms with E-state index in [4.69, 9.17) is 4.74 Å². The smallest absolute Gasteiger partial charge is 0.274 e. The van der Waals surface area contributed by atoms with E-state index in [0.29, 0.717) is 11.3 Å². The molecule has 0 aliphatic heterocycles. The highest BCUT2D eigenvalue weighted by Crippen LogP contribution is 2.32. The van der Waals surface area contributed by atoms with Crippen molar-refractivity contribution in [3.8, 4) is 11.5 Å². The highest BCUT2D eigenvalue weighted by atomic mass is 79.9. The lowest BCUT2D eigenvalue weighted by Gasteiger charge is -2.06. The summed E-state index contributed by atoms with van der Waals surface area (Å²) in [6, 6.07) is 3.29. The minimum Gasteiger partial charge on any atom is -0.504 e. The van der Waals surface area contributed by atoms with Gasteiger partial charge in [0.05, 0.1) is 13.3 Å². The third-order valence-corrected chi connectivity index (χ3v) is 2.98. The van der Waals surface area contributed by atoms with Gasteiger partial charge in [-0.2, -0.15) is 5.10 Å². The Labute approximate surface area is 128 Å². The minimum absolute atomic E-state index is 0.0465. The average molecular weight is 354 g/mol. The molecule has 9 heteroatoms. The molecule has 8 nitrogen and oxygen atoms in total. The molecule has 0 atom stereocenters. The van der Waals surface area contributed by atoms with Crippen LogP contribution in [0.4, 0.5) is 5.95 Å². The second-order valence-corrected chi connectivity index (χ2v) is 4.92. The number of hydrogen-bond acceptors (Lipinski definition) is 7. The van der Waals surface area contributed by atoms with Gasteiger partial charge in [-0.05, 0) is 19.1 Å². The van der Waals surface area contributed by atoms with Gasteiger partial charge >= 0.3 is 0 Å².